The predicted molar refractivity (Wildman–Crippen MR) is 68.6 cm³/mol. The molecule has 1 aromatic carbocycles. The Hall–Kier alpha value is -3.25. The van der Waals surface area contributed by atoms with E-state index in [9.17, 15) is 32.5 Å². The second-order valence-electron chi connectivity index (χ2n) is 4.21. The standard InChI is InChI=1S/C11H7F4N5O4/c12-6-3-5(1-2-7(6)20(22)23)24-4-8(21)16-10-17-9(18-19-10)11(13,14)15/h1-3H,4H2,(H2,16,17,18,19,21). The first-order chi connectivity index (χ1) is 11.2. The van der Waals surface area contributed by atoms with Crippen molar-refractivity contribution < 1.29 is 32.0 Å². The molecule has 1 aromatic heterocycles. The van der Waals surface area contributed by atoms with Crippen molar-refractivity contribution in [2.75, 3.05) is 11.9 Å². The fourth-order valence-electron chi connectivity index (χ4n) is 1.48. The minimum atomic E-state index is -4.75. The van der Waals surface area contributed by atoms with E-state index in [1.54, 1.807) is 5.10 Å². The number of aromatic amines is 1. The second kappa shape index (κ2) is 6.47. The Morgan fingerprint density at radius 1 is 1.42 bits per heavy atom. The van der Waals surface area contributed by atoms with Crippen LogP contribution in [-0.4, -0.2) is 32.6 Å². The summed E-state index contributed by atoms with van der Waals surface area (Å²) in [6, 6.07) is 2.59. The van der Waals surface area contributed by atoms with E-state index < -0.39 is 46.9 Å². The molecule has 0 atom stereocenters. The number of carbonyl (C=O) groups is 1. The molecule has 0 radical (unpaired) electrons. The molecule has 2 rings (SSSR count). The molecule has 0 unspecified atom stereocenters. The van der Waals surface area contributed by atoms with Crippen molar-refractivity contribution in [3.63, 3.8) is 0 Å². The zero-order valence-electron chi connectivity index (χ0n) is 11.4. The number of nitrogens with zero attached hydrogens (tertiary/aromatic N) is 3. The van der Waals surface area contributed by atoms with Crippen LogP contribution in [0, 0.1) is 15.9 Å². The summed E-state index contributed by atoms with van der Waals surface area (Å²) in [4.78, 5) is 24.0. The van der Waals surface area contributed by atoms with E-state index in [1.807, 2.05) is 5.32 Å². The third-order valence-electron chi connectivity index (χ3n) is 2.49. The van der Waals surface area contributed by atoms with Crippen LogP contribution in [0.5, 0.6) is 5.75 Å². The van der Waals surface area contributed by atoms with Gasteiger partial charge < -0.3 is 4.74 Å². The summed E-state index contributed by atoms with van der Waals surface area (Å²) in [7, 11) is 0. The number of rotatable bonds is 5. The van der Waals surface area contributed by atoms with Crippen molar-refractivity contribution in [3.05, 3.63) is 40.0 Å². The fourth-order valence-corrected chi connectivity index (χ4v) is 1.48. The van der Waals surface area contributed by atoms with E-state index in [2.05, 4.69) is 10.1 Å². The van der Waals surface area contributed by atoms with Crippen LogP contribution >= 0.6 is 0 Å². The van der Waals surface area contributed by atoms with Gasteiger partial charge in [0.1, 0.15) is 5.75 Å². The fraction of sp³-hybridized carbons (Fsp3) is 0.182. The first-order valence-electron chi connectivity index (χ1n) is 6.03. The molecule has 0 spiro atoms. The number of carbonyl (C=O) groups excluding carboxylic acids is 1. The summed E-state index contributed by atoms with van der Waals surface area (Å²) in [6.45, 7) is -0.701. The van der Waals surface area contributed by atoms with Crippen LogP contribution in [0.2, 0.25) is 0 Å². The number of hydrogen-bond acceptors (Lipinski definition) is 6. The summed E-state index contributed by atoms with van der Waals surface area (Å²) >= 11 is 0. The Morgan fingerprint density at radius 3 is 2.67 bits per heavy atom. The third kappa shape index (κ3) is 4.15. The number of amides is 1. The van der Waals surface area contributed by atoms with Gasteiger partial charge in [-0.3, -0.25) is 25.3 Å². The summed E-state index contributed by atoms with van der Waals surface area (Å²) in [5.41, 5.74) is -0.771. The molecule has 0 saturated carbocycles. The van der Waals surface area contributed by atoms with Crippen molar-refractivity contribution in [3.8, 4) is 5.75 Å². The van der Waals surface area contributed by atoms with Gasteiger partial charge >= 0.3 is 11.9 Å². The van der Waals surface area contributed by atoms with Crippen molar-refractivity contribution in [2.24, 2.45) is 0 Å². The van der Waals surface area contributed by atoms with Gasteiger partial charge in [-0.25, -0.2) is 0 Å². The Labute approximate surface area is 129 Å². The summed E-state index contributed by atoms with van der Waals surface area (Å²) in [6.07, 6.45) is -4.75. The Balaban J connectivity index is 1.93. The lowest BCUT2D eigenvalue weighted by atomic mass is 10.3. The van der Waals surface area contributed by atoms with Crippen LogP contribution in [0.3, 0.4) is 0 Å². The molecule has 2 N–H and O–H groups in total. The first-order valence-corrected chi connectivity index (χ1v) is 6.03. The topological polar surface area (TPSA) is 123 Å². The Bertz CT molecular complexity index is 776. The van der Waals surface area contributed by atoms with E-state index in [0.29, 0.717) is 6.07 Å². The number of H-pyrrole nitrogens is 1. The number of ether oxygens (including phenoxy) is 1. The molecule has 1 amide bonds. The van der Waals surface area contributed by atoms with Gasteiger partial charge in [0.05, 0.1) is 4.92 Å². The van der Waals surface area contributed by atoms with Crippen molar-refractivity contribution in [2.45, 2.75) is 6.18 Å². The highest BCUT2D eigenvalue weighted by Gasteiger charge is 2.35. The minimum absolute atomic E-state index is 0.181. The van der Waals surface area contributed by atoms with Gasteiger partial charge in [-0.2, -0.15) is 22.5 Å². The summed E-state index contributed by atoms with van der Waals surface area (Å²) < 4.78 is 55.0. The molecule has 13 heteroatoms. The highest BCUT2D eigenvalue weighted by atomic mass is 19.4. The van der Waals surface area contributed by atoms with Crippen LogP contribution < -0.4 is 10.1 Å². The maximum absolute atomic E-state index is 13.3. The molecule has 0 aliphatic carbocycles. The molecule has 0 aliphatic rings. The number of nitrogens with one attached hydrogen (secondary N) is 2. The lowest BCUT2D eigenvalue weighted by Gasteiger charge is -2.05. The van der Waals surface area contributed by atoms with Gasteiger partial charge in [-0.15, -0.1) is 5.10 Å². The molecule has 24 heavy (non-hydrogen) atoms. The van der Waals surface area contributed by atoms with Crippen LogP contribution in [0.1, 0.15) is 5.82 Å². The number of halogens is 4. The zero-order chi connectivity index (χ0) is 17.9. The number of hydrogen-bond donors (Lipinski definition) is 2. The largest absolute Gasteiger partial charge is 0.484 e. The van der Waals surface area contributed by atoms with Crippen LogP contribution in [0.15, 0.2) is 18.2 Å². The molecule has 9 nitrogen and oxygen atoms in total. The van der Waals surface area contributed by atoms with E-state index in [-0.39, 0.29) is 5.75 Å². The van der Waals surface area contributed by atoms with Gasteiger partial charge in [0.15, 0.2) is 6.61 Å². The number of nitro groups is 1. The van der Waals surface area contributed by atoms with Gasteiger partial charge in [0.25, 0.3) is 5.91 Å². The van der Waals surface area contributed by atoms with E-state index in [0.717, 1.165) is 12.1 Å². The molecule has 0 saturated heterocycles. The van der Waals surface area contributed by atoms with Crippen LogP contribution in [0.25, 0.3) is 0 Å². The van der Waals surface area contributed by atoms with Gasteiger partial charge in [0, 0.05) is 12.1 Å². The first kappa shape index (κ1) is 17.1. The van der Waals surface area contributed by atoms with Gasteiger partial charge in [0.2, 0.25) is 17.6 Å². The quantitative estimate of drug-likeness (QED) is 0.483. The maximum atomic E-state index is 13.3. The number of anilines is 1. The molecule has 2 aromatic rings. The van der Waals surface area contributed by atoms with E-state index in [4.69, 9.17) is 4.74 Å². The summed E-state index contributed by atoms with van der Waals surface area (Å²) in [5.74, 6) is -4.27. The maximum Gasteiger partial charge on any atom is 0.451 e. The summed E-state index contributed by atoms with van der Waals surface area (Å²) in [5, 5.41) is 17.1. The van der Waals surface area contributed by atoms with Crippen LogP contribution in [0.4, 0.5) is 29.2 Å². The highest BCUT2D eigenvalue weighted by Crippen LogP contribution is 2.26. The van der Waals surface area contributed by atoms with E-state index >= 15 is 0 Å². The monoisotopic (exact) mass is 349 g/mol. The molecular weight excluding hydrogens is 342 g/mol. The van der Waals surface area contributed by atoms with Crippen molar-refractivity contribution in [1.82, 2.24) is 15.2 Å². The van der Waals surface area contributed by atoms with Crippen LogP contribution in [-0.2, 0) is 11.0 Å². The van der Waals surface area contributed by atoms with Crippen molar-refractivity contribution in [1.29, 1.82) is 0 Å². The third-order valence-corrected chi connectivity index (χ3v) is 2.49. The lowest BCUT2D eigenvalue weighted by molar-refractivity contribution is -0.387. The number of benzene rings is 1. The Kier molecular flexibility index (Phi) is 4.61. The molecule has 0 bridgehead atoms. The van der Waals surface area contributed by atoms with E-state index in [1.165, 1.54) is 0 Å². The number of aromatic nitrogens is 3. The normalized spacial score (nSPS) is 11.2. The zero-order valence-corrected chi connectivity index (χ0v) is 11.4. The lowest BCUT2D eigenvalue weighted by Crippen LogP contribution is -2.21. The average molecular weight is 349 g/mol. The number of nitro benzene ring substituents is 1. The predicted octanol–water partition coefficient (Wildman–Crippen LogP) is 1.89. The Morgan fingerprint density at radius 2 is 2.12 bits per heavy atom. The van der Waals surface area contributed by atoms with Gasteiger partial charge in [-0.05, 0) is 6.07 Å². The SMILES string of the molecule is O=C(COc1ccc([N+](=O)[O-])c(F)c1)Nc1n[nH]c(C(F)(F)F)n1. The highest BCUT2D eigenvalue weighted by molar-refractivity contribution is 5.90. The smallest absolute Gasteiger partial charge is 0.451 e. The molecule has 0 aliphatic heterocycles. The minimum Gasteiger partial charge on any atom is -0.484 e. The molecule has 1 heterocycles. The number of alkyl halides is 3. The second-order valence-corrected chi connectivity index (χ2v) is 4.21. The molecule has 0 fully saturated rings. The molecular formula is C11H7F4N5O4. The van der Waals surface area contributed by atoms with Gasteiger partial charge in [-0.1, -0.05) is 0 Å². The van der Waals surface area contributed by atoms with Crippen molar-refractivity contribution >= 4 is 17.5 Å². The molecule has 128 valence electrons. The average Bonchev–Trinajstić information content (AvgIpc) is 2.93.